The Balaban J connectivity index is 1.73. The normalized spacial score (nSPS) is 15.3. The van der Waals surface area contributed by atoms with Crippen molar-refractivity contribution < 1.29 is 0 Å². The number of H-pyrrole nitrogens is 2. The molecule has 0 aromatic carbocycles. The Hall–Kier alpha value is -1.62. The minimum Gasteiger partial charge on any atom is -0.348 e. The molecule has 0 saturated carbocycles. The summed E-state index contributed by atoms with van der Waals surface area (Å²) in [6, 6.07) is 4.13. The fourth-order valence-corrected chi connectivity index (χ4v) is 4.96. The molecule has 4 rings (SSSR count). The molecule has 1 aliphatic rings. The smallest absolute Gasteiger partial charge is 0.215 e. The molecule has 1 aliphatic heterocycles. The summed E-state index contributed by atoms with van der Waals surface area (Å²) in [7, 11) is 0. The van der Waals surface area contributed by atoms with Crippen LogP contribution in [-0.2, 0) is 0 Å². The van der Waals surface area contributed by atoms with Gasteiger partial charge in [0.15, 0.2) is 5.13 Å². The molecule has 1 fully saturated rings. The third-order valence-corrected chi connectivity index (χ3v) is 6.45. The molecule has 1 saturated heterocycles. The second kappa shape index (κ2) is 7.32. The van der Waals surface area contributed by atoms with Crippen molar-refractivity contribution in [2.24, 2.45) is 5.10 Å². The van der Waals surface area contributed by atoms with Crippen molar-refractivity contribution in [2.75, 3.05) is 18.0 Å². The number of aromatic nitrogens is 4. The summed E-state index contributed by atoms with van der Waals surface area (Å²) >= 11 is 13.7. The minimum atomic E-state index is 0.444. The number of thiophene rings is 1. The predicted molar refractivity (Wildman–Crippen MR) is 109 cm³/mol. The van der Waals surface area contributed by atoms with Crippen molar-refractivity contribution in [1.29, 1.82) is 0 Å². The quantitative estimate of drug-likeness (QED) is 0.487. The Kier molecular flexibility index (Phi) is 4.93. The van der Waals surface area contributed by atoms with Crippen LogP contribution < -0.4 is 4.90 Å². The number of piperidine rings is 1. The molecule has 0 radical (unpaired) electrons. The van der Waals surface area contributed by atoms with Gasteiger partial charge in [0.25, 0.3) is 0 Å². The number of hydrogen-bond donors (Lipinski definition) is 2. The van der Waals surface area contributed by atoms with Crippen LogP contribution in [0.1, 0.15) is 24.1 Å². The molecule has 3 aromatic rings. The summed E-state index contributed by atoms with van der Waals surface area (Å²) in [5.74, 6) is 0. The van der Waals surface area contributed by atoms with Crippen molar-refractivity contribution in [3.05, 3.63) is 31.9 Å². The SMILES string of the molecule is S=c1[nH][nH]c(=S)n1/N=C\c1sc(N2CCCCC2)nc1-c1cccs1. The van der Waals surface area contributed by atoms with E-state index >= 15 is 0 Å². The number of rotatable bonds is 4. The van der Waals surface area contributed by atoms with Crippen molar-refractivity contribution in [3.63, 3.8) is 0 Å². The van der Waals surface area contributed by atoms with Crippen molar-refractivity contribution in [2.45, 2.75) is 19.3 Å². The lowest BCUT2D eigenvalue weighted by Crippen LogP contribution is -2.29. The monoisotopic (exact) mass is 408 g/mol. The third-order valence-electron chi connectivity index (χ3n) is 3.97. The van der Waals surface area contributed by atoms with E-state index in [1.165, 1.54) is 23.9 Å². The maximum atomic E-state index is 5.19. The van der Waals surface area contributed by atoms with E-state index in [0.717, 1.165) is 33.7 Å². The maximum Gasteiger partial charge on any atom is 0.215 e. The molecule has 6 nitrogen and oxygen atoms in total. The van der Waals surface area contributed by atoms with Gasteiger partial charge in [-0.2, -0.15) is 9.78 Å². The van der Waals surface area contributed by atoms with E-state index in [9.17, 15) is 0 Å². The topological polar surface area (TPSA) is 65.0 Å². The highest BCUT2D eigenvalue weighted by Crippen LogP contribution is 2.35. The molecule has 130 valence electrons. The zero-order chi connectivity index (χ0) is 17.2. The molecular weight excluding hydrogens is 392 g/mol. The molecular formula is C15H16N6S4. The zero-order valence-electron chi connectivity index (χ0n) is 13.3. The number of nitrogens with one attached hydrogen (secondary N) is 2. The average molecular weight is 409 g/mol. The van der Waals surface area contributed by atoms with Gasteiger partial charge in [0, 0.05) is 13.1 Å². The standard InChI is InChI=1S/C15H16N6S4/c22-13-18-19-14(23)21(13)16-9-11-12(10-5-4-8-24-10)17-15(25-11)20-6-2-1-3-7-20/h4-5,8-9H,1-3,6-7H2,(H,18,22)(H,19,23)/b16-9-. The summed E-state index contributed by atoms with van der Waals surface area (Å²) in [5, 5.41) is 13.1. The van der Waals surface area contributed by atoms with Crippen molar-refractivity contribution in [3.8, 4) is 10.6 Å². The number of thiazole rings is 1. The van der Waals surface area contributed by atoms with Crippen LogP contribution in [0.25, 0.3) is 10.6 Å². The summed E-state index contributed by atoms with van der Waals surface area (Å²) < 4.78 is 2.39. The number of anilines is 1. The molecule has 0 spiro atoms. The molecule has 0 aliphatic carbocycles. The first kappa shape index (κ1) is 16.8. The lowest BCUT2D eigenvalue weighted by molar-refractivity contribution is 0.577. The van der Waals surface area contributed by atoms with E-state index in [4.69, 9.17) is 29.4 Å². The van der Waals surface area contributed by atoms with Gasteiger partial charge in [-0.25, -0.2) is 4.98 Å². The highest BCUT2D eigenvalue weighted by Gasteiger charge is 2.19. The summed E-state index contributed by atoms with van der Waals surface area (Å²) in [4.78, 5) is 9.44. The molecule has 2 N–H and O–H groups in total. The molecule has 0 unspecified atom stereocenters. The van der Waals surface area contributed by atoms with E-state index in [1.807, 2.05) is 6.07 Å². The van der Waals surface area contributed by atoms with E-state index in [1.54, 1.807) is 28.9 Å². The first-order valence-electron chi connectivity index (χ1n) is 7.96. The second-order valence-corrected chi connectivity index (χ2v) is 8.38. The molecule has 4 heterocycles. The summed E-state index contributed by atoms with van der Waals surface area (Å²) in [6.07, 6.45) is 5.56. The second-order valence-electron chi connectivity index (χ2n) is 5.65. The van der Waals surface area contributed by atoms with E-state index in [-0.39, 0.29) is 0 Å². The fourth-order valence-electron chi connectivity index (χ4n) is 2.74. The Labute approximate surface area is 162 Å². The van der Waals surface area contributed by atoms with Crippen LogP contribution >= 0.6 is 47.1 Å². The fraction of sp³-hybridized carbons (Fsp3) is 0.333. The van der Waals surface area contributed by atoms with Gasteiger partial charge in [-0.05, 0) is 55.1 Å². The van der Waals surface area contributed by atoms with Crippen molar-refractivity contribution >= 4 is 58.5 Å². The third kappa shape index (κ3) is 3.52. The lowest BCUT2D eigenvalue weighted by atomic mass is 10.1. The Morgan fingerprint density at radius 3 is 2.60 bits per heavy atom. The molecule has 0 bridgehead atoms. The average Bonchev–Trinajstić information content (AvgIpc) is 3.35. The van der Waals surface area contributed by atoms with Gasteiger partial charge in [-0.15, -0.1) is 11.3 Å². The molecule has 25 heavy (non-hydrogen) atoms. The molecule has 0 atom stereocenters. The lowest BCUT2D eigenvalue weighted by Gasteiger charge is -2.25. The van der Waals surface area contributed by atoms with Crippen LogP contribution in [0.2, 0.25) is 0 Å². The van der Waals surface area contributed by atoms with Crippen LogP contribution in [0, 0.1) is 9.54 Å². The summed E-state index contributed by atoms with van der Waals surface area (Å²) in [6.45, 7) is 2.14. The molecule has 3 aromatic heterocycles. The highest BCUT2D eigenvalue weighted by atomic mass is 32.1. The van der Waals surface area contributed by atoms with Crippen LogP contribution in [0.3, 0.4) is 0 Å². The van der Waals surface area contributed by atoms with Gasteiger partial charge in [0.1, 0.15) is 5.69 Å². The molecule has 10 heteroatoms. The van der Waals surface area contributed by atoms with Crippen LogP contribution in [-0.4, -0.2) is 39.2 Å². The van der Waals surface area contributed by atoms with Crippen LogP contribution in [0.4, 0.5) is 5.13 Å². The number of aromatic amines is 2. The Morgan fingerprint density at radius 1 is 1.16 bits per heavy atom. The van der Waals surface area contributed by atoms with Crippen LogP contribution in [0.15, 0.2) is 22.6 Å². The van der Waals surface area contributed by atoms with Gasteiger partial charge in [0.2, 0.25) is 9.54 Å². The van der Waals surface area contributed by atoms with E-state index < -0.39 is 0 Å². The Morgan fingerprint density at radius 2 is 1.92 bits per heavy atom. The maximum absolute atomic E-state index is 5.19. The van der Waals surface area contributed by atoms with E-state index in [0.29, 0.717) is 9.54 Å². The zero-order valence-corrected chi connectivity index (χ0v) is 16.5. The Bertz CT molecular complexity index is 957. The first-order chi connectivity index (χ1) is 12.2. The van der Waals surface area contributed by atoms with Gasteiger partial charge >= 0.3 is 0 Å². The molecule has 0 amide bonds. The van der Waals surface area contributed by atoms with Crippen molar-refractivity contribution in [1.82, 2.24) is 19.9 Å². The summed E-state index contributed by atoms with van der Waals surface area (Å²) in [5.41, 5.74) is 0.973. The number of hydrogen-bond acceptors (Lipinski definition) is 7. The van der Waals surface area contributed by atoms with Gasteiger partial charge in [-0.3, -0.25) is 10.2 Å². The van der Waals surface area contributed by atoms with Crippen LogP contribution in [0.5, 0.6) is 0 Å². The van der Waals surface area contributed by atoms with Gasteiger partial charge in [-0.1, -0.05) is 17.4 Å². The number of nitrogens with zero attached hydrogens (tertiary/aromatic N) is 4. The minimum absolute atomic E-state index is 0.444. The highest BCUT2D eigenvalue weighted by molar-refractivity contribution is 7.72. The van der Waals surface area contributed by atoms with E-state index in [2.05, 4.69) is 31.6 Å². The predicted octanol–water partition coefficient (Wildman–Crippen LogP) is 4.66. The van der Waals surface area contributed by atoms with Gasteiger partial charge in [0.05, 0.1) is 16.0 Å². The first-order valence-corrected chi connectivity index (χ1v) is 10.5. The van der Waals surface area contributed by atoms with Gasteiger partial charge < -0.3 is 4.90 Å². The largest absolute Gasteiger partial charge is 0.348 e.